The third-order valence-corrected chi connectivity index (χ3v) is 17.0. The van der Waals surface area contributed by atoms with Gasteiger partial charge in [-0.3, -0.25) is 37.3 Å². The minimum Gasteiger partial charge on any atom is -0.462 e. The highest BCUT2D eigenvalue weighted by atomic mass is 31.2. The molecule has 0 radical (unpaired) electrons. The number of phosphoric acid groups is 2. The zero-order chi connectivity index (χ0) is 61.9. The fourth-order valence-corrected chi connectivity index (χ4v) is 11.4. The largest absolute Gasteiger partial charge is 0.472 e. The van der Waals surface area contributed by atoms with Gasteiger partial charge in [-0.1, -0.05) is 285 Å². The molecule has 19 heteroatoms. The summed E-state index contributed by atoms with van der Waals surface area (Å²) in [4.78, 5) is 72.2. The highest BCUT2D eigenvalue weighted by molar-refractivity contribution is 7.47. The first-order valence-electron chi connectivity index (χ1n) is 34.3. The van der Waals surface area contributed by atoms with E-state index in [2.05, 4.69) is 27.7 Å². The van der Waals surface area contributed by atoms with Crippen molar-refractivity contribution in [3.8, 4) is 0 Å². The van der Waals surface area contributed by atoms with Gasteiger partial charge in [-0.25, -0.2) is 9.13 Å². The fraction of sp³-hybridized carbons (Fsp3) is 0.938. The monoisotopic (exact) mass is 1240 g/mol. The summed E-state index contributed by atoms with van der Waals surface area (Å²) in [5.74, 6) is -2.13. The van der Waals surface area contributed by atoms with E-state index in [0.29, 0.717) is 25.7 Å². The molecule has 0 spiro atoms. The number of ether oxygens (including phenoxy) is 4. The van der Waals surface area contributed by atoms with Crippen molar-refractivity contribution in [2.75, 3.05) is 39.6 Å². The van der Waals surface area contributed by atoms with E-state index in [1.165, 1.54) is 167 Å². The average molecular weight is 1240 g/mol. The van der Waals surface area contributed by atoms with E-state index in [1.807, 2.05) is 0 Å². The molecule has 0 rings (SSSR count). The van der Waals surface area contributed by atoms with Crippen LogP contribution in [0, 0.1) is 0 Å². The lowest BCUT2D eigenvalue weighted by Crippen LogP contribution is -2.30. The van der Waals surface area contributed by atoms with Gasteiger partial charge >= 0.3 is 39.5 Å². The quantitative estimate of drug-likeness (QED) is 0.0222. The Morgan fingerprint density at radius 3 is 0.702 bits per heavy atom. The zero-order valence-electron chi connectivity index (χ0n) is 53.9. The van der Waals surface area contributed by atoms with Gasteiger partial charge in [0.1, 0.15) is 19.3 Å². The summed E-state index contributed by atoms with van der Waals surface area (Å²) in [5.41, 5.74) is 0. The third-order valence-electron chi connectivity index (χ3n) is 15.1. The molecule has 0 fully saturated rings. The lowest BCUT2D eigenvalue weighted by Gasteiger charge is -2.21. The number of aliphatic hydroxyl groups excluding tert-OH is 1. The van der Waals surface area contributed by atoms with Gasteiger partial charge in [-0.15, -0.1) is 0 Å². The van der Waals surface area contributed by atoms with Gasteiger partial charge in [0.25, 0.3) is 0 Å². The van der Waals surface area contributed by atoms with Crippen molar-refractivity contribution < 1.29 is 80.2 Å². The molecule has 0 aromatic rings. The number of unbranched alkanes of at least 4 members (excludes halogenated alkanes) is 40. The molecule has 0 bridgehead atoms. The smallest absolute Gasteiger partial charge is 0.462 e. The zero-order valence-corrected chi connectivity index (χ0v) is 55.7. The van der Waals surface area contributed by atoms with Crippen molar-refractivity contribution in [1.29, 1.82) is 0 Å². The molecule has 0 heterocycles. The van der Waals surface area contributed by atoms with Gasteiger partial charge in [0.05, 0.1) is 26.4 Å². The van der Waals surface area contributed by atoms with Crippen molar-refractivity contribution in [3.05, 3.63) is 0 Å². The van der Waals surface area contributed by atoms with E-state index < -0.39 is 97.5 Å². The van der Waals surface area contributed by atoms with Gasteiger partial charge in [0, 0.05) is 25.7 Å². The average Bonchev–Trinajstić information content (AvgIpc) is 3.58. The molecule has 0 saturated carbocycles. The number of aliphatic hydroxyl groups is 1. The predicted octanol–water partition coefficient (Wildman–Crippen LogP) is 18.3. The molecular weight excluding hydrogens is 1110 g/mol. The second-order valence-corrected chi connectivity index (χ2v) is 26.4. The highest BCUT2D eigenvalue weighted by Gasteiger charge is 2.30. The van der Waals surface area contributed by atoms with Crippen molar-refractivity contribution in [1.82, 2.24) is 0 Å². The van der Waals surface area contributed by atoms with Crippen LogP contribution in [0.15, 0.2) is 0 Å². The van der Waals surface area contributed by atoms with Crippen LogP contribution >= 0.6 is 15.6 Å². The molecule has 0 aliphatic carbocycles. The molecule has 17 nitrogen and oxygen atoms in total. The van der Waals surface area contributed by atoms with Crippen molar-refractivity contribution >= 4 is 39.5 Å². The number of hydrogen-bond acceptors (Lipinski definition) is 15. The van der Waals surface area contributed by atoms with Crippen LogP contribution in [0.1, 0.15) is 336 Å². The fourth-order valence-electron chi connectivity index (χ4n) is 9.81. The lowest BCUT2D eigenvalue weighted by molar-refractivity contribution is -0.161. The van der Waals surface area contributed by atoms with Crippen LogP contribution in [0.25, 0.3) is 0 Å². The first kappa shape index (κ1) is 82.1. The van der Waals surface area contributed by atoms with E-state index in [0.717, 1.165) is 89.9 Å². The molecule has 0 aromatic heterocycles. The Kier molecular flexibility index (Phi) is 58.6. The van der Waals surface area contributed by atoms with Crippen LogP contribution in [0.2, 0.25) is 0 Å². The predicted molar refractivity (Wildman–Crippen MR) is 335 cm³/mol. The van der Waals surface area contributed by atoms with Gasteiger partial charge in [-0.05, 0) is 25.7 Å². The molecule has 0 aromatic carbocycles. The van der Waals surface area contributed by atoms with Crippen LogP contribution in [-0.2, 0) is 65.4 Å². The molecular formula is C65H126O17P2. The second-order valence-electron chi connectivity index (χ2n) is 23.5. The first-order valence-corrected chi connectivity index (χ1v) is 37.3. The van der Waals surface area contributed by atoms with E-state index in [4.69, 9.17) is 37.0 Å². The van der Waals surface area contributed by atoms with Gasteiger partial charge < -0.3 is 33.8 Å². The molecule has 3 N–H and O–H groups in total. The highest BCUT2D eigenvalue weighted by Crippen LogP contribution is 2.45. The van der Waals surface area contributed by atoms with Crippen LogP contribution in [0.4, 0.5) is 0 Å². The Bertz CT molecular complexity index is 1620. The van der Waals surface area contributed by atoms with Gasteiger partial charge in [0.2, 0.25) is 0 Å². The number of phosphoric ester groups is 2. The summed E-state index contributed by atoms with van der Waals surface area (Å²) < 4.78 is 68.0. The van der Waals surface area contributed by atoms with Gasteiger partial charge in [0.15, 0.2) is 12.2 Å². The molecule has 498 valence electrons. The Morgan fingerprint density at radius 1 is 0.286 bits per heavy atom. The van der Waals surface area contributed by atoms with Crippen LogP contribution in [0.3, 0.4) is 0 Å². The Balaban J connectivity index is 5.23. The third kappa shape index (κ3) is 59.0. The van der Waals surface area contributed by atoms with Gasteiger partial charge in [-0.2, -0.15) is 0 Å². The minimum absolute atomic E-state index is 0.107. The molecule has 0 aliphatic rings. The molecule has 0 saturated heterocycles. The summed E-state index contributed by atoms with van der Waals surface area (Å²) in [6, 6.07) is 0. The topological polar surface area (TPSA) is 237 Å². The maximum atomic E-state index is 13.0. The van der Waals surface area contributed by atoms with E-state index in [1.54, 1.807) is 0 Å². The number of esters is 4. The summed E-state index contributed by atoms with van der Waals surface area (Å²) in [5, 5.41) is 10.5. The lowest BCUT2D eigenvalue weighted by atomic mass is 10.0. The van der Waals surface area contributed by atoms with Crippen LogP contribution in [0.5, 0.6) is 0 Å². The van der Waals surface area contributed by atoms with Crippen molar-refractivity contribution in [3.63, 3.8) is 0 Å². The van der Waals surface area contributed by atoms with Crippen molar-refractivity contribution in [2.24, 2.45) is 0 Å². The molecule has 2 unspecified atom stereocenters. The molecule has 84 heavy (non-hydrogen) atoms. The summed E-state index contributed by atoms with van der Waals surface area (Å²) in [6.07, 6.45) is 45.6. The first-order chi connectivity index (χ1) is 40.7. The Morgan fingerprint density at radius 2 is 0.476 bits per heavy atom. The number of rotatable bonds is 66. The minimum atomic E-state index is -4.94. The number of hydrogen-bond donors (Lipinski definition) is 3. The Labute approximate surface area is 511 Å². The van der Waals surface area contributed by atoms with Crippen LogP contribution in [-0.4, -0.2) is 96.7 Å². The number of carbonyl (C=O) groups is 4. The van der Waals surface area contributed by atoms with Crippen molar-refractivity contribution in [2.45, 2.75) is 354 Å². The normalized spacial score (nSPS) is 14.1. The molecule has 0 aliphatic heterocycles. The van der Waals surface area contributed by atoms with E-state index in [9.17, 15) is 43.2 Å². The summed E-state index contributed by atoms with van der Waals surface area (Å²) >= 11 is 0. The standard InChI is InChI=1S/C65H126O17P2/c1-5-9-13-17-21-25-28-31-34-38-42-46-50-63(68)76-56-61(82-65(70)52-48-44-40-36-32-29-26-22-18-14-10-6-2)58-80-84(73,74)78-54-59(66)53-77-83(71,72)79-57-60(55-75-62(67)49-45-41-37-33-24-20-16-12-8-4)81-64(69)51-47-43-39-35-30-27-23-19-15-11-7-3/h59-61,66H,5-58H2,1-4H3,(H,71,72)(H,73,74)/t59-,60+,61+/m0/s1. The van der Waals surface area contributed by atoms with E-state index >= 15 is 0 Å². The van der Waals surface area contributed by atoms with E-state index in [-0.39, 0.29) is 25.7 Å². The number of carbonyl (C=O) groups excluding carboxylic acids is 4. The molecule has 0 amide bonds. The Hall–Kier alpha value is -1.94. The second kappa shape index (κ2) is 60.0. The summed E-state index contributed by atoms with van der Waals surface area (Å²) in [6.45, 7) is 4.89. The maximum Gasteiger partial charge on any atom is 0.472 e. The SMILES string of the molecule is CCCCCCCCCCCCCCC(=O)OC[C@H](COP(=O)(O)OC[C@@H](O)COP(=O)(O)OC[C@@H](COC(=O)CCCCCCCCCCC)OC(=O)CCCCCCCCCCCCC)OC(=O)CCCCCCCCCCCCCC. The van der Waals surface area contributed by atoms with Crippen LogP contribution < -0.4 is 0 Å². The molecule has 5 atom stereocenters. The summed E-state index contributed by atoms with van der Waals surface area (Å²) in [7, 11) is -9.88. The maximum absolute atomic E-state index is 13.0.